The Morgan fingerprint density at radius 1 is 1.35 bits per heavy atom. The molecule has 2 atom stereocenters. The Morgan fingerprint density at radius 3 is 3.00 bits per heavy atom. The predicted octanol–water partition coefficient (Wildman–Crippen LogP) is 3.59. The third kappa shape index (κ3) is 7.55. The van der Waals surface area contributed by atoms with E-state index in [0.29, 0.717) is 12.1 Å². The molecule has 1 aromatic heterocycles. The van der Waals surface area contributed by atoms with Crippen molar-refractivity contribution in [2.45, 2.75) is 45.4 Å². The molecule has 7 nitrogen and oxygen atoms in total. The number of nitrogens with zero attached hydrogens (tertiary/aromatic N) is 2. The highest BCUT2D eigenvalue weighted by Crippen LogP contribution is 2.21. The summed E-state index contributed by atoms with van der Waals surface area (Å²) in [5, 5.41) is 15.8. The molecule has 7 heteroatoms. The molecule has 3 N–H and O–H groups in total. The standard InChI is InChI=1S/C27H38N4O3/c1-3-4-5-9-20(2)24(27(33)34)18-29-26(32)22-11-7-16-31(19-22)17-8-12-23-14-13-21-10-6-15-28-25(21)30-23/h3-5,9,13-14,22,24H,2,6-8,10-12,15-19H2,1H3,(H,28,30)(H,29,32)(H,33,34)/b4-3-,9-5-/t22-,24-/m1/s1. The highest BCUT2D eigenvalue weighted by molar-refractivity contribution is 5.80. The van der Waals surface area contributed by atoms with Crippen LogP contribution in [0.2, 0.25) is 0 Å². The molecular formula is C27H38N4O3. The van der Waals surface area contributed by atoms with Gasteiger partial charge in [-0.25, -0.2) is 4.98 Å². The van der Waals surface area contributed by atoms with E-state index in [9.17, 15) is 14.7 Å². The lowest BCUT2D eigenvalue weighted by Crippen LogP contribution is -2.45. The molecule has 2 aliphatic rings. The molecule has 0 aliphatic carbocycles. The monoisotopic (exact) mass is 466 g/mol. The highest BCUT2D eigenvalue weighted by atomic mass is 16.4. The van der Waals surface area contributed by atoms with E-state index in [2.05, 4.69) is 34.2 Å². The number of aromatic nitrogens is 1. The van der Waals surface area contributed by atoms with E-state index < -0.39 is 11.9 Å². The maximum absolute atomic E-state index is 12.8. The minimum absolute atomic E-state index is 0.0573. The van der Waals surface area contributed by atoms with Crippen molar-refractivity contribution in [3.63, 3.8) is 0 Å². The van der Waals surface area contributed by atoms with E-state index >= 15 is 0 Å². The molecule has 2 aliphatic heterocycles. The smallest absolute Gasteiger partial charge is 0.312 e. The number of carbonyl (C=O) groups excluding carboxylic acids is 1. The molecule has 0 spiro atoms. The average molecular weight is 467 g/mol. The van der Waals surface area contributed by atoms with Gasteiger partial charge in [-0.05, 0) is 75.7 Å². The summed E-state index contributed by atoms with van der Waals surface area (Å²) in [6, 6.07) is 4.33. The molecule has 0 aromatic carbocycles. The van der Waals surface area contributed by atoms with Crippen molar-refractivity contribution in [2.24, 2.45) is 11.8 Å². The summed E-state index contributed by atoms with van der Waals surface area (Å²) in [7, 11) is 0. The molecule has 3 rings (SSSR count). The number of rotatable bonds is 11. The van der Waals surface area contributed by atoms with Crippen molar-refractivity contribution in [3.8, 4) is 0 Å². The Hall–Kier alpha value is -2.93. The number of hydrogen-bond donors (Lipinski definition) is 3. The van der Waals surface area contributed by atoms with Gasteiger partial charge in [0.15, 0.2) is 0 Å². The Balaban J connectivity index is 1.44. The van der Waals surface area contributed by atoms with Crippen molar-refractivity contribution in [3.05, 3.63) is 59.8 Å². The molecule has 34 heavy (non-hydrogen) atoms. The first-order valence-electron chi connectivity index (χ1n) is 12.4. The largest absolute Gasteiger partial charge is 0.481 e. The number of anilines is 1. The van der Waals surface area contributed by atoms with Crippen molar-refractivity contribution in [1.29, 1.82) is 0 Å². The summed E-state index contributed by atoms with van der Waals surface area (Å²) in [4.78, 5) is 31.5. The van der Waals surface area contributed by atoms with Gasteiger partial charge < -0.3 is 20.6 Å². The maximum atomic E-state index is 12.8. The molecule has 1 fully saturated rings. The lowest BCUT2D eigenvalue weighted by atomic mass is 9.95. The normalized spacial score (nSPS) is 19.5. The van der Waals surface area contributed by atoms with Crippen LogP contribution in [-0.4, -0.2) is 59.6 Å². The lowest BCUT2D eigenvalue weighted by Gasteiger charge is -2.32. The fourth-order valence-corrected chi connectivity index (χ4v) is 4.59. The van der Waals surface area contributed by atoms with Crippen LogP contribution in [0.4, 0.5) is 5.82 Å². The van der Waals surface area contributed by atoms with E-state index in [1.807, 2.05) is 19.1 Å². The summed E-state index contributed by atoms with van der Waals surface area (Å²) in [5.74, 6) is -0.946. The molecule has 184 valence electrons. The molecule has 0 bridgehead atoms. The van der Waals surface area contributed by atoms with Gasteiger partial charge in [-0.3, -0.25) is 9.59 Å². The van der Waals surface area contributed by atoms with E-state index in [1.54, 1.807) is 12.2 Å². The summed E-state index contributed by atoms with van der Waals surface area (Å²) in [5.41, 5.74) is 2.90. The maximum Gasteiger partial charge on any atom is 0.312 e. The number of carbonyl (C=O) groups is 2. The molecule has 1 saturated heterocycles. The number of carboxylic acids is 1. The number of carboxylic acid groups (broad SMARTS) is 1. The SMILES string of the molecule is C=C(/C=C\C=C/C)[C@@H](CNC(=O)[C@@H]1CCCN(CCCc2ccc3c(n2)NCCC3)C1)C(=O)O. The first-order chi connectivity index (χ1) is 16.5. The van der Waals surface area contributed by atoms with Gasteiger partial charge in [0.1, 0.15) is 5.82 Å². The van der Waals surface area contributed by atoms with Crippen molar-refractivity contribution in [2.75, 3.05) is 38.0 Å². The number of allylic oxidation sites excluding steroid dienone is 4. The summed E-state index contributed by atoms with van der Waals surface area (Å²) >= 11 is 0. The molecule has 1 aromatic rings. The number of piperidine rings is 1. The van der Waals surface area contributed by atoms with Crippen molar-refractivity contribution < 1.29 is 14.7 Å². The van der Waals surface area contributed by atoms with Gasteiger partial charge in [0, 0.05) is 25.3 Å². The van der Waals surface area contributed by atoms with Gasteiger partial charge in [-0.1, -0.05) is 36.9 Å². The predicted molar refractivity (Wildman–Crippen MR) is 136 cm³/mol. The average Bonchev–Trinajstić information content (AvgIpc) is 2.84. The van der Waals surface area contributed by atoms with Gasteiger partial charge >= 0.3 is 5.97 Å². The van der Waals surface area contributed by atoms with Crippen LogP contribution in [0.1, 0.15) is 43.9 Å². The number of nitrogens with one attached hydrogen (secondary N) is 2. The van der Waals surface area contributed by atoms with Gasteiger partial charge in [0.25, 0.3) is 0 Å². The zero-order chi connectivity index (χ0) is 24.3. The zero-order valence-corrected chi connectivity index (χ0v) is 20.3. The van der Waals surface area contributed by atoms with Crippen molar-refractivity contribution >= 4 is 17.7 Å². The summed E-state index contributed by atoms with van der Waals surface area (Å²) < 4.78 is 0. The van der Waals surface area contributed by atoms with Crippen LogP contribution in [0, 0.1) is 11.8 Å². The fraction of sp³-hybridized carbons (Fsp3) is 0.519. The number of aliphatic carboxylic acids is 1. The Morgan fingerprint density at radius 2 is 2.21 bits per heavy atom. The van der Waals surface area contributed by atoms with Crippen LogP contribution < -0.4 is 10.6 Å². The highest BCUT2D eigenvalue weighted by Gasteiger charge is 2.27. The molecule has 3 heterocycles. The van der Waals surface area contributed by atoms with Gasteiger partial charge in [0.2, 0.25) is 5.91 Å². The molecule has 0 radical (unpaired) electrons. The fourth-order valence-electron chi connectivity index (χ4n) is 4.59. The molecular weight excluding hydrogens is 428 g/mol. The third-order valence-corrected chi connectivity index (χ3v) is 6.58. The lowest BCUT2D eigenvalue weighted by molar-refractivity contribution is -0.140. The Bertz CT molecular complexity index is 924. The Kier molecular flexibility index (Phi) is 9.89. The number of fused-ring (bicyclic) bond motifs is 1. The first-order valence-corrected chi connectivity index (χ1v) is 12.4. The zero-order valence-electron chi connectivity index (χ0n) is 20.3. The quantitative estimate of drug-likeness (QED) is 0.432. The second-order valence-corrected chi connectivity index (χ2v) is 9.18. The number of hydrogen-bond acceptors (Lipinski definition) is 5. The topological polar surface area (TPSA) is 94.6 Å². The van der Waals surface area contributed by atoms with E-state index in [1.165, 1.54) is 5.56 Å². The minimum Gasteiger partial charge on any atom is -0.481 e. The number of aryl methyl sites for hydroxylation is 2. The number of amides is 1. The van der Waals surface area contributed by atoms with Crippen LogP contribution in [0.3, 0.4) is 0 Å². The van der Waals surface area contributed by atoms with Gasteiger partial charge in [0.05, 0.1) is 11.8 Å². The van der Waals surface area contributed by atoms with Gasteiger partial charge in [-0.15, -0.1) is 0 Å². The van der Waals surface area contributed by atoms with E-state index in [4.69, 9.17) is 4.98 Å². The first kappa shape index (κ1) is 25.7. The number of likely N-dealkylation sites (tertiary alicyclic amines) is 1. The Labute approximate surface area is 203 Å². The van der Waals surface area contributed by atoms with E-state index in [-0.39, 0.29) is 18.4 Å². The summed E-state index contributed by atoms with van der Waals surface area (Å²) in [6.07, 6.45) is 13.1. The van der Waals surface area contributed by atoms with Crippen LogP contribution in [0.25, 0.3) is 0 Å². The van der Waals surface area contributed by atoms with E-state index in [0.717, 1.165) is 69.7 Å². The van der Waals surface area contributed by atoms with Crippen LogP contribution in [0.15, 0.2) is 48.6 Å². The van der Waals surface area contributed by atoms with Crippen LogP contribution in [0.5, 0.6) is 0 Å². The summed E-state index contributed by atoms with van der Waals surface area (Å²) in [6.45, 7) is 9.44. The molecule has 0 saturated carbocycles. The van der Waals surface area contributed by atoms with Crippen LogP contribution in [-0.2, 0) is 22.4 Å². The number of pyridine rings is 1. The second kappa shape index (κ2) is 13.1. The molecule has 0 unspecified atom stereocenters. The van der Waals surface area contributed by atoms with Crippen molar-refractivity contribution in [1.82, 2.24) is 15.2 Å². The van der Waals surface area contributed by atoms with Gasteiger partial charge in [-0.2, -0.15) is 0 Å². The third-order valence-electron chi connectivity index (χ3n) is 6.58. The molecule has 1 amide bonds. The van der Waals surface area contributed by atoms with Crippen LogP contribution >= 0.6 is 0 Å². The minimum atomic E-state index is -0.980. The second-order valence-electron chi connectivity index (χ2n) is 9.18.